The van der Waals surface area contributed by atoms with Crippen LogP contribution in [-0.4, -0.2) is 56.0 Å². The average molecular weight is 396 g/mol. The van der Waals surface area contributed by atoms with Crippen molar-refractivity contribution in [1.29, 1.82) is 0 Å². The highest BCUT2D eigenvalue weighted by molar-refractivity contribution is 5.82. The third-order valence-corrected chi connectivity index (χ3v) is 5.73. The van der Waals surface area contributed by atoms with E-state index in [-0.39, 0.29) is 18.0 Å². The Labute approximate surface area is 174 Å². The van der Waals surface area contributed by atoms with Crippen molar-refractivity contribution in [3.8, 4) is 5.75 Å². The van der Waals surface area contributed by atoms with Crippen LogP contribution in [0.3, 0.4) is 0 Å². The van der Waals surface area contributed by atoms with Crippen molar-refractivity contribution in [3.63, 3.8) is 0 Å². The fraction of sp³-hybridized carbons (Fsp3) is 0.458. The summed E-state index contributed by atoms with van der Waals surface area (Å²) < 4.78 is 5.25. The lowest BCUT2D eigenvalue weighted by molar-refractivity contribution is -0.125. The van der Waals surface area contributed by atoms with Crippen LogP contribution in [0.15, 0.2) is 48.5 Å². The first-order valence-corrected chi connectivity index (χ1v) is 10.4. The molecular weight excluding hydrogens is 362 g/mol. The fourth-order valence-electron chi connectivity index (χ4n) is 4.10. The first-order valence-electron chi connectivity index (χ1n) is 10.4. The zero-order chi connectivity index (χ0) is 20.8. The second-order valence-corrected chi connectivity index (χ2v) is 8.12. The summed E-state index contributed by atoms with van der Waals surface area (Å²) in [7, 11) is 5.75. The lowest BCUT2D eigenvalue weighted by atomic mass is 10.1. The van der Waals surface area contributed by atoms with E-state index >= 15 is 0 Å². The van der Waals surface area contributed by atoms with Gasteiger partial charge >= 0.3 is 0 Å². The first kappa shape index (κ1) is 21.3. The third-order valence-electron chi connectivity index (χ3n) is 5.73. The number of benzene rings is 2. The van der Waals surface area contributed by atoms with E-state index in [2.05, 4.69) is 58.4 Å². The van der Waals surface area contributed by atoms with E-state index in [0.29, 0.717) is 6.54 Å². The van der Waals surface area contributed by atoms with Gasteiger partial charge in [-0.1, -0.05) is 42.0 Å². The molecule has 29 heavy (non-hydrogen) atoms. The highest BCUT2D eigenvalue weighted by atomic mass is 16.5. The van der Waals surface area contributed by atoms with Crippen molar-refractivity contribution in [1.82, 2.24) is 15.1 Å². The van der Waals surface area contributed by atoms with Gasteiger partial charge in [0.1, 0.15) is 5.75 Å². The van der Waals surface area contributed by atoms with Crippen molar-refractivity contribution < 1.29 is 9.53 Å². The molecule has 5 heteroatoms. The van der Waals surface area contributed by atoms with Crippen LogP contribution in [0.4, 0.5) is 0 Å². The van der Waals surface area contributed by atoms with E-state index in [1.54, 1.807) is 7.11 Å². The molecule has 2 atom stereocenters. The number of aryl methyl sites for hydroxylation is 1. The summed E-state index contributed by atoms with van der Waals surface area (Å²) in [6.45, 7) is 4.50. The van der Waals surface area contributed by atoms with Crippen LogP contribution in [0.2, 0.25) is 0 Å². The van der Waals surface area contributed by atoms with Crippen LogP contribution < -0.4 is 10.1 Å². The Kier molecular flexibility index (Phi) is 7.29. The SMILES string of the molecule is COc1ccc(C(CNC(=O)C2CCCN2Cc2cccc(C)c2)N(C)C)cc1. The van der Waals surface area contributed by atoms with E-state index in [1.165, 1.54) is 16.7 Å². The number of hydrogen-bond acceptors (Lipinski definition) is 4. The van der Waals surface area contributed by atoms with Gasteiger partial charge in [0, 0.05) is 13.1 Å². The summed E-state index contributed by atoms with van der Waals surface area (Å²) in [6.07, 6.45) is 1.99. The molecule has 1 N–H and O–H groups in total. The van der Waals surface area contributed by atoms with Gasteiger partial charge in [0.25, 0.3) is 0 Å². The minimum Gasteiger partial charge on any atom is -0.497 e. The van der Waals surface area contributed by atoms with E-state index in [4.69, 9.17) is 4.74 Å². The second-order valence-electron chi connectivity index (χ2n) is 8.12. The van der Waals surface area contributed by atoms with Gasteiger partial charge in [-0.05, 0) is 63.7 Å². The van der Waals surface area contributed by atoms with Crippen LogP contribution in [-0.2, 0) is 11.3 Å². The largest absolute Gasteiger partial charge is 0.497 e. The number of hydrogen-bond donors (Lipinski definition) is 1. The molecule has 1 aliphatic heterocycles. The standard InChI is InChI=1S/C24H33N3O2/c1-18-7-5-8-19(15-18)17-27-14-6-9-22(27)24(28)25-16-23(26(2)3)20-10-12-21(29-4)13-11-20/h5,7-8,10-13,15,22-23H,6,9,14,16-17H2,1-4H3,(H,25,28). The Hall–Kier alpha value is -2.37. The number of rotatable bonds is 8. The molecule has 0 saturated carbocycles. The molecule has 1 heterocycles. The monoisotopic (exact) mass is 395 g/mol. The lowest BCUT2D eigenvalue weighted by Gasteiger charge is -2.28. The van der Waals surface area contributed by atoms with Crippen molar-refractivity contribution in [2.24, 2.45) is 0 Å². The van der Waals surface area contributed by atoms with Crippen molar-refractivity contribution in [2.75, 3.05) is 34.3 Å². The molecule has 1 saturated heterocycles. The number of carbonyl (C=O) groups is 1. The van der Waals surface area contributed by atoms with Gasteiger partial charge in [-0.2, -0.15) is 0 Å². The highest BCUT2D eigenvalue weighted by Gasteiger charge is 2.31. The van der Waals surface area contributed by atoms with Gasteiger partial charge in [0.2, 0.25) is 5.91 Å². The normalized spacial score (nSPS) is 18.0. The molecule has 0 radical (unpaired) electrons. The Morgan fingerprint density at radius 2 is 2.00 bits per heavy atom. The van der Waals surface area contributed by atoms with Crippen LogP contribution in [0.25, 0.3) is 0 Å². The Balaban J connectivity index is 1.61. The predicted octanol–water partition coefficient (Wildman–Crippen LogP) is 3.39. The van der Waals surface area contributed by atoms with Gasteiger partial charge in [0.05, 0.1) is 19.2 Å². The van der Waals surface area contributed by atoms with Gasteiger partial charge in [-0.15, -0.1) is 0 Å². The number of methoxy groups -OCH3 is 1. The fourth-order valence-corrected chi connectivity index (χ4v) is 4.10. The molecular formula is C24H33N3O2. The van der Waals surface area contributed by atoms with Gasteiger partial charge in [-0.3, -0.25) is 9.69 Å². The number of ether oxygens (including phenoxy) is 1. The molecule has 0 bridgehead atoms. The molecule has 1 amide bonds. The summed E-state index contributed by atoms with van der Waals surface area (Å²) >= 11 is 0. The summed E-state index contributed by atoms with van der Waals surface area (Å²) in [4.78, 5) is 17.4. The summed E-state index contributed by atoms with van der Waals surface area (Å²) in [5.41, 5.74) is 3.70. The van der Waals surface area contributed by atoms with E-state index in [0.717, 1.165) is 31.7 Å². The number of nitrogens with one attached hydrogen (secondary N) is 1. The number of carbonyl (C=O) groups excluding carboxylic acids is 1. The number of amides is 1. The molecule has 3 rings (SSSR count). The number of nitrogens with zero attached hydrogens (tertiary/aromatic N) is 2. The maximum Gasteiger partial charge on any atom is 0.237 e. The zero-order valence-electron chi connectivity index (χ0n) is 18.0. The quantitative estimate of drug-likeness (QED) is 0.744. The maximum atomic E-state index is 13.0. The molecule has 2 unspecified atom stereocenters. The Bertz CT molecular complexity index is 804. The van der Waals surface area contributed by atoms with E-state index in [9.17, 15) is 4.79 Å². The van der Waals surface area contributed by atoms with Gasteiger partial charge in [0.15, 0.2) is 0 Å². The molecule has 0 aromatic heterocycles. The Morgan fingerprint density at radius 1 is 1.24 bits per heavy atom. The second kappa shape index (κ2) is 9.90. The summed E-state index contributed by atoms with van der Waals surface area (Å²) in [5, 5.41) is 3.21. The molecule has 0 spiro atoms. The Morgan fingerprint density at radius 3 is 2.66 bits per heavy atom. The van der Waals surface area contributed by atoms with Crippen LogP contribution in [0.1, 0.15) is 35.6 Å². The minimum atomic E-state index is -0.0470. The van der Waals surface area contributed by atoms with Gasteiger partial charge in [-0.25, -0.2) is 0 Å². The van der Waals surface area contributed by atoms with Crippen molar-refractivity contribution in [2.45, 2.75) is 38.4 Å². The summed E-state index contributed by atoms with van der Waals surface area (Å²) in [6, 6.07) is 16.7. The molecule has 0 aliphatic carbocycles. The van der Waals surface area contributed by atoms with Gasteiger partial charge < -0.3 is 15.0 Å². The molecule has 5 nitrogen and oxygen atoms in total. The summed E-state index contributed by atoms with van der Waals surface area (Å²) in [5.74, 6) is 0.976. The van der Waals surface area contributed by atoms with E-state index in [1.807, 2.05) is 26.2 Å². The lowest BCUT2D eigenvalue weighted by Crippen LogP contribution is -2.45. The maximum absolute atomic E-state index is 13.0. The number of likely N-dealkylation sites (tertiary alicyclic amines) is 1. The third kappa shape index (κ3) is 5.58. The van der Waals surface area contributed by atoms with E-state index < -0.39 is 0 Å². The smallest absolute Gasteiger partial charge is 0.237 e. The zero-order valence-corrected chi connectivity index (χ0v) is 18.0. The van der Waals surface area contributed by atoms with Crippen molar-refractivity contribution in [3.05, 3.63) is 65.2 Å². The van der Waals surface area contributed by atoms with Crippen molar-refractivity contribution >= 4 is 5.91 Å². The number of likely N-dealkylation sites (N-methyl/N-ethyl adjacent to an activating group) is 1. The van der Waals surface area contributed by atoms with Crippen LogP contribution in [0, 0.1) is 6.92 Å². The highest BCUT2D eigenvalue weighted by Crippen LogP contribution is 2.23. The molecule has 156 valence electrons. The molecule has 1 fully saturated rings. The molecule has 1 aliphatic rings. The first-order chi connectivity index (χ1) is 14.0. The topological polar surface area (TPSA) is 44.8 Å². The minimum absolute atomic E-state index is 0.0470. The van der Waals surface area contributed by atoms with Crippen LogP contribution >= 0.6 is 0 Å². The molecule has 2 aromatic rings. The predicted molar refractivity (Wildman–Crippen MR) is 117 cm³/mol. The molecule has 2 aromatic carbocycles. The average Bonchev–Trinajstić information content (AvgIpc) is 3.16. The van der Waals surface area contributed by atoms with Crippen LogP contribution in [0.5, 0.6) is 5.75 Å².